The van der Waals surface area contributed by atoms with Crippen molar-refractivity contribution >= 4 is 15.7 Å². The van der Waals surface area contributed by atoms with Gasteiger partial charge in [-0.2, -0.15) is 0 Å². The molecule has 7 heteroatoms. The lowest BCUT2D eigenvalue weighted by atomic mass is 10.1. The van der Waals surface area contributed by atoms with Crippen LogP contribution < -0.4 is 9.04 Å². The molecule has 1 aliphatic rings. The Kier molecular flexibility index (Phi) is 6.93. The molecule has 6 nitrogen and oxygen atoms in total. The first-order valence-corrected chi connectivity index (χ1v) is 11.1. The summed E-state index contributed by atoms with van der Waals surface area (Å²) in [5.74, 6) is 0.451. The van der Waals surface area contributed by atoms with Gasteiger partial charge in [0.25, 0.3) is 10.0 Å². The number of methoxy groups -OCH3 is 1. The molecule has 28 heavy (non-hydrogen) atoms. The lowest BCUT2D eigenvalue weighted by Gasteiger charge is -2.32. The second-order valence-electron chi connectivity index (χ2n) is 7.04. The highest BCUT2D eigenvalue weighted by molar-refractivity contribution is 7.92. The number of hydrogen-bond acceptors (Lipinski definition) is 5. The quantitative estimate of drug-likeness (QED) is 0.733. The molecule has 1 fully saturated rings. The second-order valence-corrected chi connectivity index (χ2v) is 8.90. The predicted octanol–water partition coefficient (Wildman–Crippen LogP) is 2.74. The molecular formula is C21H28N2O4S. The summed E-state index contributed by atoms with van der Waals surface area (Å²) < 4.78 is 33.4. The fourth-order valence-electron chi connectivity index (χ4n) is 3.57. The summed E-state index contributed by atoms with van der Waals surface area (Å²) in [6, 6.07) is 15.3. The molecule has 152 valence electrons. The highest BCUT2D eigenvalue weighted by Gasteiger charge is 2.29. The van der Waals surface area contributed by atoms with Crippen LogP contribution in [0.3, 0.4) is 0 Å². The molecule has 3 rings (SSSR count). The van der Waals surface area contributed by atoms with Crippen molar-refractivity contribution in [2.24, 2.45) is 0 Å². The summed E-state index contributed by atoms with van der Waals surface area (Å²) in [6.07, 6.45) is 2.64. The molecule has 1 atom stereocenters. The lowest BCUT2D eigenvalue weighted by molar-refractivity contribution is 0.107. The number of hydrogen-bond donors (Lipinski definition) is 1. The third kappa shape index (κ3) is 4.84. The van der Waals surface area contributed by atoms with Gasteiger partial charge in [0, 0.05) is 6.54 Å². The van der Waals surface area contributed by atoms with E-state index in [0.29, 0.717) is 18.0 Å². The Morgan fingerprint density at radius 2 is 1.68 bits per heavy atom. The zero-order valence-corrected chi connectivity index (χ0v) is 17.0. The molecule has 0 saturated carbocycles. The van der Waals surface area contributed by atoms with Crippen molar-refractivity contribution in [3.8, 4) is 5.75 Å². The zero-order valence-electron chi connectivity index (χ0n) is 16.2. The van der Waals surface area contributed by atoms with Gasteiger partial charge in [0.05, 0.1) is 30.3 Å². The Morgan fingerprint density at radius 1 is 1.04 bits per heavy atom. The van der Waals surface area contributed by atoms with E-state index < -0.39 is 16.1 Å². The Balaban J connectivity index is 1.90. The summed E-state index contributed by atoms with van der Waals surface area (Å²) in [4.78, 5) is 2.38. The van der Waals surface area contributed by atoms with Crippen molar-refractivity contribution < 1.29 is 18.3 Å². The molecule has 0 spiro atoms. The predicted molar refractivity (Wildman–Crippen MR) is 110 cm³/mol. The van der Waals surface area contributed by atoms with Crippen LogP contribution in [0.15, 0.2) is 59.5 Å². The monoisotopic (exact) mass is 404 g/mol. The number of β-amino-alcohol motifs (C(OH)–C–C–N with tert-alkyl or cyclic N) is 1. The van der Waals surface area contributed by atoms with Crippen molar-refractivity contribution in [1.82, 2.24) is 4.90 Å². The van der Waals surface area contributed by atoms with E-state index in [1.165, 1.54) is 17.8 Å². The van der Waals surface area contributed by atoms with Gasteiger partial charge < -0.3 is 14.7 Å². The summed E-state index contributed by atoms with van der Waals surface area (Å²) in [6.45, 7) is 2.30. The number of rotatable bonds is 8. The number of benzene rings is 2. The number of ether oxygens (including phenoxy) is 1. The van der Waals surface area contributed by atoms with Crippen LogP contribution in [0, 0.1) is 0 Å². The van der Waals surface area contributed by atoms with E-state index in [-0.39, 0.29) is 11.4 Å². The molecule has 0 unspecified atom stereocenters. The highest BCUT2D eigenvalue weighted by atomic mass is 32.2. The molecule has 0 amide bonds. The Bertz CT molecular complexity index is 852. The van der Waals surface area contributed by atoms with E-state index >= 15 is 0 Å². The van der Waals surface area contributed by atoms with E-state index in [2.05, 4.69) is 4.90 Å². The standard InChI is InChI=1S/C21H28N2O4S/c1-27-21-13-7-6-12-20(21)23(28(25,26)19-10-4-2-5-11-19)17-18(24)16-22-14-8-3-9-15-22/h2,4-7,10-13,18,24H,3,8-9,14-17H2,1H3/t18-/m0/s1. The zero-order chi connectivity index (χ0) is 20.0. The number of piperidine rings is 1. The van der Waals surface area contributed by atoms with Gasteiger partial charge in [-0.25, -0.2) is 8.42 Å². The van der Waals surface area contributed by atoms with E-state index in [0.717, 1.165) is 25.9 Å². The molecule has 1 heterocycles. The second kappa shape index (κ2) is 9.41. The SMILES string of the molecule is COc1ccccc1N(C[C@@H](O)CN1CCCCC1)S(=O)(=O)c1ccccc1. The molecule has 1 saturated heterocycles. The van der Waals surface area contributed by atoms with Crippen LogP contribution in [-0.4, -0.2) is 57.8 Å². The molecule has 2 aromatic carbocycles. The molecule has 0 radical (unpaired) electrons. The average Bonchev–Trinajstić information content (AvgIpc) is 2.73. The minimum atomic E-state index is -3.85. The van der Waals surface area contributed by atoms with Crippen molar-refractivity contribution in [2.75, 3.05) is 37.6 Å². The molecule has 2 aromatic rings. The third-order valence-corrected chi connectivity index (χ3v) is 6.77. The minimum Gasteiger partial charge on any atom is -0.495 e. The minimum absolute atomic E-state index is 0.0336. The summed E-state index contributed by atoms with van der Waals surface area (Å²) in [5, 5.41) is 10.7. The Morgan fingerprint density at radius 3 is 2.36 bits per heavy atom. The van der Waals surface area contributed by atoms with Crippen LogP contribution in [0.4, 0.5) is 5.69 Å². The van der Waals surface area contributed by atoms with Gasteiger partial charge >= 0.3 is 0 Å². The number of nitrogens with zero attached hydrogens (tertiary/aromatic N) is 2. The van der Waals surface area contributed by atoms with Crippen molar-refractivity contribution in [3.63, 3.8) is 0 Å². The molecule has 0 aliphatic carbocycles. The fraction of sp³-hybridized carbons (Fsp3) is 0.429. The largest absolute Gasteiger partial charge is 0.495 e. The van der Waals surface area contributed by atoms with Gasteiger partial charge in [-0.15, -0.1) is 0 Å². The Hall–Kier alpha value is -2.09. The first-order valence-electron chi connectivity index (χ1n) is 9.63. The van der Waals surface area contributed by atoms with Gasteiger partial charge in [0.2, 0.25) is 0 Å². The van der Waals surface area contributed by atoms with Crippen molar-refractivity contribution in [3.05, 3.63) is 54.6 Å². The summed E-state index contributed by atoms with van der Waals surface area (Å²) in [7, 11) is -2.34. The van der Waals surface area contributed by atoms with E-state index in [9.17, 15) is 13.5 Å². The van der Waals surface area contributed by atoms with Crippen LogP contribution in [0.2, 0.25) is 0 Å². The van der Waals surface area contributed by atoms with Crippen LogP contribution in [0.25, 0.3) is 0 Å². The van der Waals surface area contributed by atoms with E-state index in [1.54, 1.807) is 54.6 Å². The Labute approximate surface area is 167 Å². The smallest absolute Gasteiger partial charge is 0.264 e. The molecular weight excluding hydrogens is 376 g/mol. The van der Waals surface area contributed by atoms with E-state index in [1.807, 2.05) is 0 Å². The molecule has 1 aliphatic heterocycles. The first kappa shape index (κ1) is 20.6. The van der Waals surface area contributed by atoms with Gasteiger partial charge in [0.15, 0.2) is 0 Å². The molecule has 0 bridgehead atoms. The van der Waals surface area contributed by atoms with E-state index in [4.69, 9.17) is 4.74 Å². The number of para-hydroxylation sites is 2. The van der Waals surface area contributed by atoms with Crippen LogP contribution in [0.5, 0.6) is 5.75 Å². The van der Waals surface area contributed by atoms with Crippen LogP contribution >= 0.6 is 0 Å². The topological polar surface area (TPSA) is 70.1 Å². The maximum atomic E-state index is 13.4. The first-order chi connectivity index (χ1) is 13.5. The fourth-order valence-corrected chi connectivity index (χ4v) is 5.10. The third-order valence-electron chi connectivity index (χ3n) is 4.98. The number of anilines is 1. The summed E-state index contributed by atoms with van der Waals surface area (Å²) in [5.41, 5.74) is 0.423. The number of aliphatic hydroxyl groups excluding tert-OH is 1. The number of aliphatic hydroxyl groups is 1. The molecule has 0 aromatic heterocycles. The van der Waals surface area contributed by atoms with Crippen LogP contribution in [-0.2, 0) is 10.0 Å². The van der Waals surface area contributed by atoms with Gasteiger partial charge in [0.1, 0.15) is 5.75 Å². The van der Waals surface area contributed by atoms with Gasteiger partial charge in [-0.05, 0) is 50.2 Å². The van der Waals surface area contributed by atoms with Gasteiger partial charge in [-0.3, -0.25) is 4.31 Å². The number of sulfonamides is 1. The normalized spacial score (nSPS) is 16.5. The molecule has 1 N–H and O–H groups in total. The maximum absolute atomic E-state index is 13.4. The average molecular weight is 405 g/mol. The highest BCUT2D eigenvalue weighted by Crippen LogP contribution is 2.32. The summed E-state index contributed by atoms with van der Waals surface area (Å²) >= 11 is 0. The van der Waals surface area contributed by atoms with Crippen LogP contribution in [0.1, 0.15) is 19.3 Å². The van der Waals surface area contributed by atoms with Crippen molar-refractivity contribution in [2.45, 2.75) is 30.3 Å². The lowest BCUT2D eigenvalue weighted by Crippen LogP contribution is -2.44. The van der Waals surface area contributed by atoms with Gasteiger partial charge in [-0.1, -0.05) is 36.8 Å². The number of likely N-dealkylation sites (tertiary alicyclic amines) is 1. The van der Waals surface area contributed by atoms with Crippen molar-refractivity contribution in [1.29, 1.82) is 0 Å². The maximum Gasteiger partial charge on any atom is 0.264 e.